The predicted octanol–water partition coefficient (Wildman–Crippen LogP) is 5.24. The van der Waals surface area contributed by atoms with E-state index in [1.165, 1.54) is 6.92 Å². The molecule has 0 unspecified atom stereocenters. The van der Waals surface area contributed by atoms with Gasteiger partial charge in [-0.2, -0.15) is 0 Å². The molecule has 0 atom stereocenters. The van der Waals surface area contributed by atoms with Gasteiger partial charge >= 0.3 is 5.97 Å². The van der Waals surface area contributed by atoms with E-state index in [4.69, 9.17) is 9.68 Å². The van der Waals surface area contributed by atoms with Gasteiger partial charge in [-0.25, -0.2) is 9.63 Å². The summed E-state index contributed by atoms with van der Waals surface area (Å²) in [6, 6.07) is 17.8. The zero-order chi connectivity index (χ0) is 19.7. The Morgan fingerprint density at radius 3 is 2.21 bits per heavy atom. The Bertz CT molecular complexity index is 1150. The molecule has 0 aliphatic heterocycles. The molecule has 0 bridgehead atoms. The molecule has 4 aromatic carbocycles. The molecule has 0 spiro atoms. The fourth-order valence-electron chi connectivity index (χ4n) is 3.51. The van der Waals surface area contributed by atoms with Crippen molar-refractivity contribution in [2.45, 2.75) is 26.7 Å². The predicted molar refractivity (Wildman–Crippen MR) is 109 cm³/mol. The number of hydrogen-bond donors (Lipinski definition) is 0. The first-order valence-electron chi connectivity index (χ1n) is 9.42. The second kappa shape index (κ2) is 7.44. The number of carbonyl (C=O) groups excluding carboxylic acids is 2. The average Bonchev–Trinajstić information content (AvgIpc) is 2.71. The lowest BCUT2D eigenvalue weighted by atomic mass is 9.92. The number of amides is 1. The maximum absolute atomic E-state index is 12.8. The highest BCUT2D eigenvalue weighted by atomic mass is 17.0. The van der Waals surface area contributed by atoms with E-state index in [1.807, 2.05) is 31.2 Å². The van der Waals surface area contributed by atoms with Crippen LogP contribution in [0.25, 0.3) is 32.3 Å². The lowest BCUT2D eigenvalue weighted by Crippen LogP contribution is -2.32. The van der Waals surface area contributed by atoms with Crippen molar-refractivity contribution in [2.24, 2.45) is 0 Å². The van der Waals surface area contributed by atoms with Crippen molar-refractivity contribution in [3.05, 3.63) is 60.2 Å². The van der Waals surface area contributed by atoms with Gasteiger partial charge in [0.25, 0.3) is 5.91 Å². The lowest BCUT2D eigenvalue weighted by Gasteiger charge is -2.19. The molecular formula is C23H21NO4. The van der Waals surface area contributed by atoms with Crippen LogP contribution in [0.15, 0.2) is 54.6 Å². The fraction of sp³-hybridized carbons (Fsp3) is 0.217. The van der Waals surface area contributed by atoms with Gasteiger partial charge in [-0.15, -0.1) is 0 Å². The van der Waals surface area contributed by atoms with Gasteiger partial charge in [0.2, 0.25) is 0 Å². The van der Waals surface area contributed by atoms with Crippen molar-refractivity contribution in [3.63, 3.8) is 0 Å². The number of benzene rings is 4. The van der Waals surface area contributed by atoms with Crippen molar-refractivity contribution in [2.75, 3.05) is 6.61 Å². The first-order valence-corrected chi connectivity index (χ1v) is 9.42. The molecule has 4 rings (SSSR count). The number of nitrogens with zero attached hydrogens (tertiary/aromatic N) is 1. The van der Waals surface area contributed by atoms with Gasteiger partial charge in [-0.3, -0.25) is 4.79 Å². The van der Waals surface area contributed by atoms with Crippen LogP contribution in [0.3, 0.4) is 0 Å². The van der Waals surface area contributed by atoms with Gasteiger partial charge in [0.1, 0.15) is 0 Å². The Labute approximate surface area is 162 Å². The molecule has 0 saturated carbocycles. The van der Waals surface area contributed by atoms with Crippen LogP contribution in [-0.4, -0.2) is 23.7 Å². The van der Waals surface area contributed by atoms with Gasteiger partial charge in [0, 0.05) is 6.92 Å². The first-order chi connectivity index (χ1) is 13.6. The van der Waals surface area contributed by atoms with Crippen molar-refractivity contribution in [3.8, 4) is 0 Å². The average molecular weight is 375 g/mol. The SMILES string of the molecule is CCCCON(OC(=O)c1ccc2ccc3cccc4ccc1c2c34)C(C)=O. The fourth-order valence-corrected chi connectivity index (χ4v) is 3.51. The largest absolute Gasteiger partial charge is 0.366 e. The summed E-state index contributed by atoms with van der Waals surface area (Å²) in [5, 5.41) is 6.91. The molecule has 4 aromatic rings. The summed E-state index contributed by atoms with van der Waals surface area (Å²) in [6.07, 6.45) is 1.68. The molecule has 5 nitrogen and oxygen atoms in total. The highest BCUT2D eigenvalue weighted by molar-refractivity contribution is 6.25. The van der Waals surface area contributed by atoms with E-state index in [-0.39, 0.29) is 0 Å². The summed E-state index contributed by atoms with van der Waals surface area (Å²) < 4.78 is 0. The van der Waals surface area contributed by atoms with Crippen molar-refractivity contribution in [1.29, 1.82) is 0 Å². The Balaban J connectivity index is 1.75. The number of rotatable bonds is 5. The van der Waals surface area contributed by atoms with Crippen LogP contribution in [0, 0.1) is 0 Å². The van der Waals surface area contributed by atoms with Crippen LogP contribution >= 0.6 is 0 Å². The third kappa shape index (κ3) is 3.14. The van der Waals surface area contributed by atoms with Gasteiger partial charge in [-0.1, -0.05) is 61.9 Å². The zero-order valence-electron chi connectivity index (χ0n) is 15.9. The Hall–Kier alpha value is -3.18. The highest BCUT2D eigenvalue weighted by Gasteiger charge is 2.21. The number of hydroxylamine groups is 2. The normalized spacial score (nSPS) is 11.4. The molecule has 5 heteroatoms. The lowest BCUT2D eigenvalue weighted by molar-refractivity contribution is -0.310. The van der Waals surface area contributed by atoms with Crippen LogP contribution in [-0.2, 0) is 14.5 Å². The molecule has 0 N–H and O–H groups in total. The van der Waals surface area contributed by atoms with E-state index in [2.05, 4.69) is 24.3 Å². The molecule has 1 amide bonds. The van der Waals surface area contributed by atoms with Crippen molar-refractivity contribution < 1.29 is 19.3 Å². The van der Waals surface area contributed by atoms with E-state index >= 15 is 0 Å². The summed E-state index contributed by atoms with van der Waals surface area (Å²) in [5.74, 6) is -1.10. The number of hydrogen-bond acceptors (Lipinski definition) is 4. The maximum Gasteiger partial charge on any atom is 0.366 e. The van der Waals surface area contributed by atoms with Gasteiger partial charge < -0.3 is 4.84 Å². The first kappa shape index (κ1) is 18.2. The third-order valence-corrected chi connectivity index (χ3v) is 4.88. The summed E-state index contributed by atoms with van der Waals surface area (Å²) in [5.41, 5.74) is 0.399. The van der Waals surface area contributed by atoms with Crippen molar-refractivity contribution >= 4 is 44.2 Å². The van der Waals surface area contributed by atoms with E-state index < -0.39 is 11.9 Å². The van der Waals surface area contributed by atoms with E-state index in [9.17, 15) is 9.59 Å². The summed E-state index contributed by atoms with van der Waals surface area (Å²) >= 11 is 0. The van der Waals surface area contributed by atoms with Crippen LogP contribution in [0.5, 0.6) is 0 Å². The molecule has 0 aliphatic rings. The monoisotopic (exact) mass is 375 g/mol. The molecule has 0 aromatic heterocycles. The molecule has 0 aliphatic carbocycles. The smallest absolute Gasteiger partial charge is 0.307 e. The Kier molecular flexibility index (Phi) is 4.84. The third-order valence-electron chi connectivity index (χ3n) is 4.88. The van der Waals surface area contributed by atoms with Crippen LogP contribution < -0.4 is 0 Å². The van der Waals surface area contributed by atoms with E-state index in [0.717, 1.165) is 45.2 Å². The highest BCUT2D eigenvalue weighted by Crippen LogP contribution is 2.36. The van der Waals surface area contributed by atoms with Crippen LogP contribution in [0.2, 0.25) is 0 Å². The topological polar surface area (TPSA) is 55.8 Å². The summed E-state index contributed by atoms with van der Waals surface area (Å²) in [6.45, 7) is 3.61. The molecule has 0 fully saturated rings. The van der Waals surface area contributed by atoms with Gasteiger partial charge in [0.15, 0.2) is 0 Å². The second-order valence-electron chi connectivity index (χ2n) is 6.81. The summed E-state index contributed by atoms with van der Waals surface area (Å²) in [7, 11) is 0. The van der Waals surface area contributed by atoms with E-state index in [0.29, 0.717) is 17.4 Å². The minimum atomic E-state index is -0.621. The van der Waals surface area contributed by atoms with Gasteiger partial charge in [0.05, 0.1) is 12.2 Å². The maximum atomic E-state index is 12.8. The van der Waals surface area contributed by atoms with Crippen LogP contribution in [0.1, 0.15) is 37.0 Å². The number of carbonyl (C=O) groups is 2. The Morgan fingerprint density at radius 2 is 1.54 bits per heavy atom. The Morgan fingerprint density at radius 1 is 0.893 bits per heavy atom. The van der Waals surface area contributed by atoms with E-state index in [1.54, 1.807) is 6.07 Å². The molecule has 142 valence electrons. The standard InChI is InChI=1S/C23H21NO4/c1-3-4-14-27-24(15(2)25)28-23(26)20-13-11-18-9-8-16-6-5-7-17-10-12-19(20)22(18)21(16)17/h5-13H,3-4,14H2,1-2H3. The minimum absolute atomic E-state index is 0.307. The van der Waals surface area contributed by atoms with Gasteiger partial charge in [-0.05, 0) is 50.0 Å². The van der Waals surface area contributed by atoms with Crippen LogP contribution in [0.4, 0.5) is 0 Å². The molecule has 0 heterocycles. The zero-order valence-corrected chi connectivity index (χ0v) is 15.9. The molecule has 0 saturated heterocycles. The second-order valence-corrected chi connectivity index (χ2v) is 6.81. The quantitative estimate of drug-likeness (QED) is 0.272. The number of unbranched alkanes of at least 4 members (excludes halogenated alkanes) is 1. The molecule has 0 radical (unpaired) electrons. The van der Waals surface area contributed by atoms with Crippen molar-refractivity contribution in [1.82, 2.24) is 5.23 Å². The summed E-state index contributed by atoms with van der Waals surface area (Å²) in [4.78, 5) is 35.2. The minimum Gasteiger partial charge on any atom is -0.307 e. The molecular weight excluding hydrogens is 354 g/mol. The molecule has 28 heavy (non-hydrogen) atoms.